The molecule has 2 rings (SSSR count). The van der Waals surface area contributed by atoms with Crippen LogP contribution < -0.4 is 5.32 Å². The maximum absolute atomic E-state index is 11.7. The Labute approximate surface area is 97.4 Å². The monoisotopic (exact) mass is 243 g/mol. The van der Waals surface area contributed by atoms with Gasteiger partial charge < -0.3 is 9.64 Å². The van der Waals surface area contributed by atoms with Gasteiger partial charge in [0, 0.05) is 18.8 Å². The molecule has 0 radical (unpaired) electrons. The van der Waals surface area contributed by atoms with Gasteiger partial charge in [0.15, 0.2) is 5.17 Å². The Kier molecular flexibility index (Phi) is 3.79. The second-order valence-corrected chi connectivity index (χ2v) is 4.48. The summed E-state index contributed by atoms with van der Waals surface area (Å²) in [7, 11) is 0. The molecule has 0 bridgehead atoms. The number of ether oxygens (including phenoxy) is 1. The number of carbonyl (C=O) groups is 2. The lowest BCUT2D eigenvalue weighted by Gasteiger charge is -2.25. The van der Waals surface area contributed by atoms with Crippen molar-refractivity contribution in [2.45, 2.75) is 0 Å². The topological polar surface area (TPSA) is 71.0 Å². The maximum atomic E-state index is 11.7. The van der Waals surface area contributed by atoms with Gasteiger partial charge >= 0.3 is 11.8 Å². The van der Waals surface area contributed by atoms with Crippen LogP contribution in [0.15, 0.2) is 4.99 Å². The molecule has 0 spiro atoms. The van der Waals surface area contributed by atoms with E-state index < -0.39 is 11.8 Å². The van der Waals surface area contributed by atoms with Gasteiger partial charge in [-0.15, -0.1) is 0 Å². The lowest BCUT2D eigenvalue weighted by Crippen LogP contribution is -2.48. The molecular weight excluding hydrogens is 230 g/mol. The average Bonchev–Trinajstić information content (AvgIpc) is 2.82. The van der Waals surface area contributed by atoms with Crippen LogP contribution in [0.25, 0.3) is 0 Å². The highest BCUT2D eigenvalue weighted by Gasteiger charge is 2.25. The first-order chi connectivity index (χ1) is 7.77. The summed E-state index contributed by atoms with van der Waals surface area (Å²) in [6, 6.07) is 0. The van der Waals surface area contributed by atoms with E-state index in [2.05, 4.69) is 10.3 Å². The summed E-state index contributed by atoms with van der Waals surface area (Å²) in [5.74, 6) is -0.241. The summed E-state index contributed by atoms with van der Waals surface area (Å²) in [6.45, 7) is 2.65. The van der Waals surface area contributed by atoms with Crippen LogP contribution in [0.1, 0.15) is 0 Å². The second kappa shape index (κ2) is 5.31. The highest BCUT2D eigenvalue weighted by Crippen LogP contribution is 2.09. The SMILES string of the molecule is O=C(NC1=NCCS1)C(=O)N1CCOCC1. The fraction of sp³-hybridized carbons (Fsp3) is 0.667. The highest BCUT2D eigenvalue weighted by molar-refractivity contribution is 8.14. The number of hydrogen-bond acceptors (Lipinski definition) is 5. The third-order valence-corrected chi connectivity index (χ3v) is 3.19. The highest BCUT2D eigenvalue weighted by atomic mass is 32.2. The molecule has 0 aromatic rings. The van der Waals surface area contributed by atoms with Crippen LogP contribution in [-0.2, 0) is 14.3 Å². The minimum absolute atomic E-state index is 0.478. The van der Waals surface area contributed by atoms with Gasteiger partial charge in [0.05, 0.1) is 19.8 Å². The molecule has 6 nitrogen and oxygen atoms in total. The molecule has 2 amide bonds. The first-order valence-corrected chi connectivity index (χ1v) is 6.11. The van der Waals surface area contributed by atoms with Crippen molar-refractivity contribution >= 4 is 28.7 Å². The van der Waals surface area contributed by atoms with E-state index in [4.69, 9.17) is 4.74 Å². The Hall–Kier alpha value is -1.08. The van der Waals surface area contributed by atoms with Crippen molar-refractivity contribution in [1.82, 2.24) is 10.2 Å². The van der Waals surface area contributed by atoms with E-state index in [1.165, 1.54) is 16.7 Å². The average molecular weight is 243 g/mol. The van der Waals surface area contributed by atoms with Gasteiger partial charge in [-0.3, -0.25) is 19.9 Å². The largest absolute Gasteiger partial charge is 0.378 e. The van der Waals surface area contributed by atoms with Gasteiger partial charge in [-0.25, -0.2) is 0 Å². The smallest absolute Gasteiger partial charge is 0.315 e. The zero-order chi connectivity index (χ0) is 11.4. The van der Waals surface area contributed by atoms with Crippen molar-refractivity contribution in [1.29, 1.82) is 0 Å². The zero-order valence-corrected chi connectivity index (χ0v) is 9.59. The Morgan fingerprint density at radius 1 is 1.38 bits per heavy atom. The Balaban J connectivity index is 1.85. The minimum atomic E-state index is -0.602. The Morgan fingerprint density at radius 3 is 2.75 bits per heavy atom. The van der Waals surface area contributed by atoms with E-state index in [9.17, 15) is 9.59 Å². The van der Waals surface area contributed by atoms with Crippen LogP contribution in [-0.4, -0.2) is 60.5 Å². The van der Waals surface area contributed by atoms with E-state index in [0.29, 0.717) is 38.0 Å². The molecule has 16 heavy (non-hydrogen) atoms. The summed E-state index contributed by atoms with van der Waals surface area (Å²) < 4.78 is 5.11. The van der Waals surface area contributed by atoms with Crippen LogP contribution >= 0.6 is 11.8 Å². The lowest BCUT2D eigenvalue weighted by atomic mass is 10.4. The van der Waals surface area contributed by atoms with Gasteiger partial charge in [0.1, 0.15) is 0 Å². The predicted molar refractivity (Wildman–Crippen MR) is 60.3 cm³/mol. The summed E-state index contributed by atoms with van der Waals surface area (Å²) in [5, 5.41) is 3.07. The molecular formula is C9H13N3O3S. The maximum Gasteiger partial charge on any atom is 0.315 e. The van der Waals surface area contributed by atoms with Crippen molar-refractivity contribution < 1.29 is 14.3 Å². The fourth-order valence-corrected chi connectivity index (χ4v) is 2.19. The second-order valence-electron chi connectivity index (χ2n) is 3.39. The number of nitrogens with zero attached hydrogens (tertiary/aromatic N) is 2. The van der Waals surface area contributed by atoms with Crippen molar-refractivity contribution in [3.63, 3.8) is 0 Å². The summed E-state index contributed by atoms with van der Waals surface area (Å²) in [6.07, 6.45) is 0. The molecule has 0 aromatic carbocycles. The third kappa shape index (κ3) is 2.73. The Bertz CT molecular complexity index is 326. The van der Waals surface area contributed by atoms with Crippen molar-refractivity contribution in [2.75, 3.05) is 38.6 Å². The molecule has 1 saturated heterocycles. The molecule has 0 saturated carbocycles. The summed E-state index contributed by atoms with van der Waals surface area (Å²) in [4.78, 5) is 28.8. The van der Waals surface area contributed by atoms with E-state index in [1.54, 1.807) is 0 Å². The van der Waals surface area contributed by atoms with Crippen molar-refractivity contribution in [2.24, 2.45) is 4.99 Å². The molecule has 2 aliphatic rings. The van der Waals surface area contributed by atoms with Crippen molar-refractivity contribution in [3.05, 3.63) is 0 Å². The van der Waals surface area contributed by atoms with Crippen LogP contribution in [0, 0.1) is 0 Å². The molecule has 88 valence electrons. The number of rotatable bonds is 0. The lowest BCUT2D eigenvalue weighted by molar-refractivity contribution is -0.147. The molecule has 1 N–H and O–H groups in total. The van der Waals surface area contributed by atoms with Gasteiger partial charge in [-0.1, -0.05) is 11.8 Å². The van der Waals surface area contributed by atoms with E-state index >= 15 is 0 Å². The number of morpholine rings is 1. The number of amides is 2. The number of carbonyl (C=O) groups excluding carboxylic acids is 2. The Morgan fingerprint density at radius 2 is 2.12 bits per heavy atom. The predicted octanol–water partition coefficient (Wildman–Crippen LogP) is -0.936. The minimum Gasteiger partial charge on any atom is -0.378 e. The first-order valence-electron chi connectivity index (χ1n) is 5.12. The molecule has 0 unspecified atom stereocenters. The van der Waals surface area contributed by atoms with Gasteiger partial charge in [-0.05, 0) is 0 Å². The number of thioether (sulfide) groups is 1. The van der Waals surface area contributed by atoms with Crippen LogP contribution in [0.5, 0.6) is 0 Å². The van der Waals surface area contributed by atoms with Crippen LogP contribution in [0.3, 0.4) is 0 Å². The standard InChI is InChI=1S/C9H13N3O3S/c13-7(11-9-10-1-6-16-9)8(14)12-2-4-15-5-3-12/h1-6H2,(H,10,11,13). The molecule has 0 aliphatic carbocycles. The van der Waals surface area contributed by atoms with Gasteiger partial charge in [0.25, 0.3) is 0 Å². The third-order valence-electron chi connectivity index (χ3n) is 2.30. The molecule has 2 aliphatic heterocycles. The van der Waals surface area contributed by atoms with Gasteiger partial charge in [-0.2, -0.15) is 0 Å². The van der Waals surface area contributed by atoms with E-state index in [0.717, 1.165) is 5.75 Å². The van der Waals surface area contributed by atoms with E-state index in [-0.39, 0.29) is 0 Å². The fourth-order valence-electron chi connectivity index (χ4n) is 1.47. The molecule has 2 heterocycles. The summed E-state index contributed by atoms with van der Waals surface area (Å²) >= 11 is 1.46. The molecule has 0 atom stereocenters. The molecule has 7 heteroatoms. The molecule has 0 aromatic heterocycles. The van der Waals surface area contributed by atoms with Crippen LogP contribution in [0.2, 0.25) is 0 Å². The number of aliphatic imine (C=N–C) groups is 1. The van der Waals surface area contributed by atoms with Gasteiger partial charge in [0.2, 0.25) is 0 Å². The van der Waals surface area contributed by atoms with E-state index in [1.807, 2.05) is 0 Å². The zero-order valence-electron chi connectivity index (χ0n) is 8.77. The van der Waals surface area contributed by atoms with Crippen molar-refractivity contribution in [3.8, 4) is 0 Å². The quantitative estimate of drug-likeness (QED) is 0.558. The number of hydrogen-bond donors (Lipinski definition) is 1. The van der Waals surface area contributed by atoms with Crippen LogP contribution in [0.4, 0.5) is 0 Å². The first kappa shape index (κ1) is 11.4. The molecule has 1 fully saturated rings. The summed E-state index contributed by atoms with van der Waals surface area (Å²) in [5.41, 5.74) is 0. The number of amidine groups is 1. The normalized spacial score (nSPS) is 20.5. The number of nitrogens with one attached hydrogen (secondary N) is 1.